The average Bonchev–Trinajstić information content (AvgIpc) is 3.39. The van der Waals surface area contributed by atoms with Gasteiger partial charge in [-0.25, -0.2) is 8.42 Å². The quantitative estimate of drug-likeness (QED) is 0.755. The highest BCUT2D eigenvalue weighted by Crippen LogP contribution is 2.29. The number of carbonyl (C=O) groups is 2. The van der Waals surface area contributed by atoms with Crippen molar-refractivity contribution in [1.29, 1.82) is 0 Å². The molecule has 7 nitrogen and oxygen atoms in total. The number of thiophene rings is 1. The van der Waals surface area contributed by atoms with Gasteiger partial charge < -0.3 is 10.2 Å². The number of piperidine rings is 1. The van der Waals surface area contributed by atoms with E-state index in [1.54, 1.807) is 10.3 Å². The second-order valence-electron chi connectivity index (χ2n) is 7.65. The van der Waals surface area contributed by atoms with E-state index in [4.69, 9.17) is 0 Å². The van der Waals surface area contributed by atoms with Gasteiger partial charge in [0.25, 0.3) is 15.9 Å². The maximum absolute atomic E-state index is 13.0. The normalized spacial score (nSPS) is 20.3. The molecule has 0 aliphatic carbocycles. The van der Waals surface area contributed by atoms with Crippen LogP contribution in [0, 0.1) is 5.92 Å². The van der Waals surface area contributed by atoms with Crippen LogP contribution in [0.2, 0.25) is 0 Å². The Morgan fingerprint density at radius 3 is 2.46 bits per heavy atom. The van der Waals surface area contributed by atoms with Crippen LogP contribution in [-0.2, 0) is 14.8 Å². The second-order valence-corrected chi connectivity index (χ2v) is 10.7. The molecule has 1 unspecified atom stereocenters. The van der Waals surface area contributed by atoms with Gasteiger partial charge >= 0.3 is 0 Å². The molecule has 1 N–H and O–H groups in total. The van der Waals surface area contributed by atoms with Crippen LogP contribution in [0.15, 0.2) is 15.7 Å². The van der Waals surface area contributed by atoms with E-state index in [2.05, 4.69) is 5.32 Å². The SMILES string of the molecule is CCC(C)NC(=O)C1CCN(S(=O)(=O)c2cc(C(=O)N3CCCC3)cs2)CC1. The van der Waals surface area contributed by atoms with E-state index in [1.807, 2.05) is 13.8 Å². The Labute approximate surface area is 171 Å². The third-order valence-electron chi connectivity index (χ3n) is 5.64. The molecule has 0 radical (unpaired) electrons. The number of amides is 2. The summed E-state index contributed by atoms with van der Waals surface area (Å²) >= 11 is 1.10. The van der Waals surface area contributed by atoms with Crippen molar-refractivity contribution in [3.05, 3.63) is 17.0 Å². The maximum atomic E-state index is 13.0. The Bertz CT molecular complexity index is 807. The molecule has 3 rings (SSSR count). The van der Waals surface area contributed by atoms with Crippen LogP contribution in [0.5, 0.6) is 0 Å². The van der Waals surface area contributed by atoms with E-state index in [9.17, 15) is 18.0 Å². The smallest absolute Gasteiger partial charge is 0.254 e. The molecule has 0 saturated carbocycles. The van der Waals surface area contributed by atoms with E-state index >= 15 is 0 Å². The molecule has 0 spiro atoms. The number of hydrogen-bond acceptors (Lipinski definition) is 5. The third-order valence-corrected chi connectivity index (χ3v) is 8.95. The van der Waals surface area contributed by atoms with Gasteiger partial charge in [-0.3, -0.25) is 9.59 Å². The number of nitrogens with one attached hydrogen (secondary N) is 1. The summed E-state index contributed by atoms with van der Waals surface area (Å²) in [5.74, 6) is -0.215. The fourth-order valence-electron chi connectivity index (χ4n) is 3.62. The highest BCUT2D eigenvalue weighted by Gasteiger charge is 2.33. The Morgan fingerprint density at radius 1 is 1.21 bits per heavy atom. The number of rotatable bonds is 6. The lowest BCUT2D eigenvalue weighted by Crippen LogP contribution is -2.44. The summed E-state index contributed by atoms with van der Waals surface area (Å²) in [5, 5.41) is 4.62. The van der Waals surface area contributed by atoms with Gasteiger partial charge in [0.15, 0.2) is 0 Å². The standard InChI is InChI=1S/C19H29N3O4S2/c1-3-14(2)20-18(23)15-6-10-22(11-7-15)28(25,26)17-12-16(13-27-17)19(24)21-8-4-5-9-21/h12-15H,3-11H2,1-2H3,(H,20,23). The summed E-state index contributed by atoms with van der Waals surface area (Å²) < 4.78 is 27.6. The third kappa shape index (κ3) is 4.58. The molecule has 3 heterocycles. The van der Waals surface area contributed by atoms with E-state index in [-0.39, 0.29) is 28.0 Å². The van der Waals surface area contributed by atoms with Crippen LogP contribution in [0.3, 0.4) is 0 Å². The first kappa shape index (κ1) is 21.3. The molecular formula is C19H29N3O4S2. The molecule has 1 aromatic heterocycles. The number of carbonyl (C=O) groups excluding carboxylic acids is 2. The van der Waals surface area contributed by atoms with Gasteiger partial charge in [-0.15, -0.1) is 11.3 Å². The number of nitrogens with zero attached hydrogens (tertiary/aromatic N) is 2. The van der Waals surface area contributed by atoms with Gasteiger partial charge in [0.1, 0.15) is 4.21 Å². The van der Waals surface area contributed by atoms with E-state index < -0.39 is 10.0 Å². The second kappa shape index (κ2) is 8.92. The van der Waals surface area contributed by atoms with Crippen LogP contribution < -0.4 is 5.32 Å². The molecule has 1 atom stereocenters. The Kier molecular flexibility index (Phi) is 6.77. The molecule has 2 amide bonds. The molecule has 2 aliphatic heterocycles. The molecule has 2 saturated heterocycles. The zero-order valence-electron chi connectivity index (χ0n) is 16.5. The molecule has 156 valence electrons. The highest BCUT2D eigenvalue weighted by molar-refractivity contribution is 7.91. The number of sulfonamides is 1. The largest absolute Gasteiger partial charge is 0.353 e. The predicted molar refractivity (Wildman–Crippen MR) is 109 cm³/mol. The van der Waals surface area contributed by atoms with Crippen LogP contribution in [0.25, 0.3) is 0 Å². The summed E-state index contributed by atoms with van der Waals surface area (Å²) in [6.45, 7) is 6.12. The Morgan fingerprint density at radius 2 is 1.86 bits per heavy atom. The van der Waals surface area contributed by atoms with Crippen molar-refractivity contribution >= 4 is 33.2 Å². The first-order valence-electron chi connectivity index (χ1n) is 10.0. The Hall–Kier alpha value is -1.45. The number of hydrogen-bond donors (Lipinski definition) is 1. The van der Waals surface area contributed by atoms with Crippen molar-refractivity contribution < 1.29 is 18.0 Å². The average molecular weight is 428 g/mol. The molecule has 2 aliphatic rings. The summed E-state index contributed by atoms with van der Waals surface area (Å²) in [6, 6.07) is 1.63. The lowest BCUT2D eigenvalue weighted by Gasteiger charge is -2.30. The van der Waals surface area contributed by atoms with Crippen molar-refractivity contribution in [3.8, 4) is 0 Å². The van der Waals surface area contributed by atoms with Crippen LogP contribution in [0.1, 0.15) is 56.3 Å². The van der Waals surface area contributed by atoms with Gasteiger partial charge in [0.2, 0.25) is 5.91 Å². The molecule has 1 aromatic rings. The van der Waals surface area contributed by atoms with Crippen molar-refractivity contribution in [1.82, 2.24) is 14.5 Å². The van der Waals surface area contributed by atoms with E-state index in [0.29, 0.717) is 31.5 Å². The topological polar surface area (TPSA) is 86.8 Å². The first-order chi connectivity index (χ1) is 13.3. The fourth-order valence-corrected chi connectivity index (χ4v) is 6.39. The van der Waals surface area contributed by atoms with Gasteiger partial charge in [0, 0.05) is 43.5 Å². The van der Waals surface area contributed by atoms with E-state index in [1.165, 1.54) is 10.4 Å². The summed E-state index contributed by atoms with van der Waals surface area (Å²) in [5.41, 5.74) is 0.452. The van der Waals surface area contributed by atoms with Gasteiger partial charge in [0.05, 0.1) is 5.56 Å². The van der Waals surface area contributed by atoms with Crippen molar-refractivity contribution in [2.45, 2.75) is 56.2 Å². The van der Waals surface area contributed by atoms with Gasteiger partial charge in [-0.05, 0) is 45.1 Å². The van der Waals surface area contributed by atoms with Gasteiger partial charge in [-0.1, -0.05) is 6.92 Å². The molecule has 2 fully saturated rings. The highest BCUT2D eigenvalue weighted by atomic mass is 32.2. The maximum Gasteiger partial charge on any atom is 0.254 e. The van der Waals surface area contributed by atoms with E-state index in [0.717, 1.165) is 43.7 Å². The zero-order chi connectivity index (χ0) is 20.3. The number of likely N-dealkylation sites (tertiary alicyclic amines) is 1. The zero-order valence-corrected chi connectivity index (χ0v) is 18.2. The lowest BCUT2D eigenvalue weighted by atomic mass is 9.97. The van der Waals surface area contributed by atoms with Gasteiger partial charge in [-0.2, -0.15) is 4.31 Å². The monoisotopic (exact) mass is 427 g/mol. The fraction of sp³-hybridized carbons (Fsp3) is 0.684. The summed E-state index contributed by atoms with van der Waals surface area (Å²) in [4.78, 5) is 26.5. The minimum atomic E-state index is -3.63. The van der Waals surface area contributed by atoms with Crippen molar-refractivity contribution in [2.24, 2.45) is 5.92 Å². The first-order valence-corrected chi connectivity index (χ1v) is 12.3. The van der Waals surface area contributed by atoms with Crippen molar-refractivity contribution in [2.75, 3.05) is 26.2 Å². The molecule has 0 bridgehead atoms. The molecular weight excluding hydrogens is 398 g/mol. The minimum Gasteiger partial charge on any atom is -0.353 e. The Balaban J connectivity index is 1.61. The molecule has 28 heavy (non-hydrogen) atoms. The predicted octanol–water partition coefficient (Wildman–Crippen LogP) is 2.30. The molecule has 0 aromatic carbocycles. The lowest BCUT2D eigenvalue weighted by molar-refractivity contribution is -0.126. The summed E-state index contributed by atoms with van der Waals surface area (Å²) in [6.07, 6.45) is 3.91. The molecule has 9 heteroatoms. The van der Waals surface area contributed by atoms with Crippen LogP contribution >= 0.6 is 11.3 Å². The minimum absolute atomic E-state index is 0.0148. The van der Waals surface area contributed by atoms with Crippen molar-refractivity contribution in [3.63, 3.8) is 0 Å². The van der Waals surface area contributed by atoms with Crippen LogP contribution in [0.4, 0.5) is 0 Å². The summed E-state index contributed by atoms with van der Waals surface area (Å²) in [7, 11) is -3.63. The van der Waals surface area contributed by atoms with Crippen LogP contribution in [-0.4, -0.2) is 61.7 Å².